The van der Waals surface area contributed by atoms with Crippen LogP contribution in [0, 0.1) is 10.1 Å². The first-order valence-electron chi connectivity index (χ1n) is 10.1. The van der Waals surface area contributed by atoms with E-state index in [0.717, 1.165) is 18.2 Å². The van der Waals surface area contributed by atoms with E-state index in [9.17, 15) is 36.3 Å². The van der Waals surface area contributed by atoms with Crippen molar-refractivity contribution in [3.8, 4) is 11.5 Å². The third kappa shape index (κ3) is 10.7. The summed E-state index contributed by atoms with van der Waals surface area (Å²) in [5.74, 6) is -1.25. The van der Waals surface area contributed by atoms with Gasteiger partial charge in [0, 0.05) is 12.6 Å². The maximum Gasteiger partial charge on any atom is 0.373 e. The molecular weight excluding hydrogens is 536 g/mol. The van der Waals surface area contributed by atoms with Gasteiger partial charge in [0.05, 0.1) is 17.2 Å². The average molecular weight is 563 g/mol. The summed E-state index contributed by atoms with van der Waals surface area (Å²) < 4.78 is 61.0. The van der Waals surface area contributed by atoms with Gasteiger partial charge in [0.25, 0.3) is 5.69 Å². The fourth-order valence-electron chi connectivity index (χ4n) is 2.58. The second-order valence-corrected chi connectivity index (χ2v) is 10.5. The zero-order valence-electron chi connectivity index (χ0n) is 19.4. The van der Waals surface area contributed by atoms with Crippen LogP contribution in [-0.2, 0) is 25.1 Å². The summed E-state index contributed by atoms with van der Waals surface area (Å²) in [4.78, 5) is 24.1. The first-order valence-corrected chi connectivity index (χ1v) is 13.3. The molecule has 0 aliphatic carbocycles. The zero-order valence-corrected chi connectivity index (χ0v) is 21.0. The van der Waals surface area contributed by atoms with Crippen LogP contribution in [0.5, 0.6) is 11.5 Å². The monoisotopic (exact) mass is 562 g/mol. The molecule has 0 fully saturated rings. The number of non-ortho nitro benzene ring substituents is 1. The Labute approximate surface area is 212 Å². The lowest BCUT2D eigenvalue weighted by atomic mass is 10.2. The Morgan fingerprint density at radius 1 is 1.16 bits per heavy atom. The van der Waals surface area contributed by atoms with Gasteiger partial charge in [-0.3, -0.25) is 24.5 Å². The number of nitrogens with two attached hydrogens (primary N) is 3. The van der Waals surface area contributed by atoms with E-state index in [1.54, 1.807) is 18.2 Å². The molecule has 0 saturated carbocycles. The molecule has 0 aliphatic heterocycles. The largest absolute Gasteiger partial charge is 0.480 e. The molecule has 8 N–H and O–H groups in total. The summed E-state index contributed by atoms with van der Waals surface area (Å²) in [7, 11) is -9.71. The Morgan fingerprint density at radius 3 is 2.22 bits per heavy atom. The van der Waals surface area contributed by atoms with Crippen molar-refractivity contribution in [2.24, 2.45) is 22.2 Å². The summed E-state index contributed by atoms with van der Waals surface area (Å²) in [6.07, 6.45) is 1.51. The van der Waals surface area contributed by atoms with E-state index < -0.39 is 54.4 Å². The minimum Gasteiger partial charge on any atom is -0.480 e. The molecule has 0 heterocycles. The van der Waals surface area contributed by atoms with Crippen molar-refractivity contribution in [3.63, 3.8) is 0 Å². The molecule has 0 aromatic heterocycles. The Balaban J connectivity index is 0.000000482. The number of carboxylic acids is 1. The molecule has 0 aliphatic rings. The Kier molecular flexibility index (Phi) is 11.2. The molecule has 2 aromatic carbocycles. The van der Waals surface area contributed by atoms with E-state index >= 15 is 0 Å². The van der Waals surface area contributed by atoms with Gasteiger partial charge in [0.2, 0.25) is 10.0 Å². The number of rotatable bonds is 11. The van der Waals surface area contributed by atoms with Crippen molar-refractivity contribution < 1.29 is 40.9 Å². The summed E-state index contributed by atoms with van der Waals surface area (Å²) in [5.41, 5.74) is 14.3. The lowest BCUT2D eigenvalue weighted by Crippen LogP contribution is -2.35. The molecule has 0 saturated heterocycles. The Hall–Kier alpha value is -4.00. The van der Waals surface area contributed by atoms with E-state index in [0.29, 0.717) is 25.6 Å². The SMILES string of the molecule is CS(=O)(=O)N(c1ccc([N+](=O)[O-])cc1Oc1ccccc1)S(=O)(=O)O.NC(N)=NCCCC(N)C(=O)O. The van der Waals surface area contributed by atoms with Crippen LogP contribution < -0.4 is 25.6 Å². The number of sulfonamides is 1. The van der Waals surface area contributed by atoms with Crippen molar-refractivity contribution in [3.05, 3.63) is 58.6 Å². The molecule has 37 heavy (non-hydrogen) atoms. The number of nitro benzene ring substituents is 1. The highest BCUT2D eigenvalue weighted by Gasteiger charge is 2.33. The minimum atomic E-state index is -5.23. The van der Waals surface area contributed by atoms with Gasteiger partial charge in [0.15, 0.2) is 11.7 Å². The Bertz CT molecular complexity index is 1300. The Morgan fingerprint density at radius 2 is 1.76 bits per heavy atom. The number of nitrogens with zero attached hydrogens (tertiary/aromatic N) is 3. The van der Waals surface area contributed by atoms with Crippen LogP contribution in [0.3, 0.4) is 0 Å². The smallest absolute Gasteiger partial charge is 0.373 e. The minimum absolute atomic E-state index is 0.0129. The average Bonchev–Trinajstić information content (AvgIpc) is 2.76. The summed E-state index contributed by atoms with van der Waals surface area (Å²) in [6.45, 7) is 0.420. The van der Waals surface area contributed by atoms with Gasteiger partial charge in [-0.15, -0.1) is 3.71 Å². The number of guanidine groups is 1. The number of aliphatic carboxylic acids is 1. The molecule has 1 atom stereocenters. The van der Waals surface area contributed by atoms with Crippen molar-refractivity contribution >= 4 is 43.6 Å². The predicted octanol–water partition coefficient (Wildman–Crippen LogP) is 0.408. The highest BCUT2D eigenvalue weighted by atomic mass is 32.3. The predicted molar refractivity (Wildman–Crippen MR) is 134 cm³/mol. The highest BCUT2D eigenvalue weighted by Crippen LogP contribution is 2.37. The molecule has 2 rings (SSSR count). The van der Waals surface area contributed by atoms with Crippen LogP contribution in [0.4, 0.5) is 11.4 Å². The number of hydrogen-bond donors (Lipinski definition) is 5. The van der Waals surface area contributed by atoms with Gasteiger partial charge in [-0.1, -0.05) is 18.2 Å². The molecular formula is C19H26N6O10S2. The van der Waals surface area contributed by atoms with Gasteiger partial charge in [-0.05, 0) is 31.0 Å². The summed E-state index contributed by atoms with van der Waals surface area (Å²) in [5, 5.41) is 19.3. The van der Waals surface area contributed by atoms with Gasteiger partial charge >= 0.3 is 16.3 Å². The second-order valence-electron chi connectivity index (χ2n) is 7.16. The fraction of sp³-hybridized carbons (Fsp3) is 0.263. The highest BCUT2D eigenvalue weighted by molar-refractivity contribution is 8.07. The van der Waals surface area contributed by atoms with Crippen LogP contribution in [0.2, 0.25) is 0 Å². The van der Waals surface area contributed by atoms with Crippen LogP contribution >= 0.6 is 0 Å². The number of para-hydroxylation sites is 1. The van der Waals surface area contributed by atoms with Crippen molar-refractivity contribution in [2.75, 3.05) is 16.5 Å². The maximum atomic E-state index is 11.8. The van der Waals surface area contributed by atoms with Gasteiger partial charge in [-0.2, -0.15) is 8.42 Å². The van der Waals surface area contributed by atoms with Gasteiger partial charge < -0.3 is 27.0 Å². The van der Waals surface area contributed by atoms with E-state index in [-0.39, 0.29) is 15.4 Å². The van der Waals surface area contributed by atoms with Gasteiger partial charge in [-0.25, -0.2) is 8.42 Å². The van der Waals surface area contributed by atoms with Crippen LogP contribution in [0.15, 0.2) is 53.5 Å². The summed E-state index contributed by atoms with van der Waals surface area (Å²) in [6, 6.07) is 9.56. The first kappa shape index (κ1) is 31.0. The zero-order chi connectivity index (χ0) is 28.4. The molecule has 16 nitrogen and oxygen atoms in total. The second kappa shape index (κ2) is 13.3. The number of carboxylic acid groups (broad SMARTS) is 1. The normalized spacial score (nSPS) is 11.9. The molecule has 0 amide bonds. The van der Waals surface area contributed by atoms with Crippen molar-refractivity contribution in [2.45, 2.75) is 18.9 Å². The third-order valence-corrected chi connectivity index (χ3v) is 6.91. The number of aliphatic imine (C=N–C) groups is 1. The maximum absolute atomic E-state index is 11.8. The number of carbonyl (C=O) groups is 1. The molecule has 0 bridgehead atoms. The number of ether oxygens (including phenoxy) is 1. The van der Waals surface area contributed by atoms with E-state index in [1.165, 1.54) is 12.1 Å². The lowest BCUT2D eigenvalue weighted by molar-refractivity contribution is -0.384. The number of nitro groups is 1. The van der Waals surface area contributed by atoms with E-state index in [4.69, 9.17) is 27.0 Å². The topological polar surface area (TPSA) is 272 Å². The van der Waals surface area contributed by atoms with E-state index in [1.807, 2.05) is 0 Å². The molecule has 1 unspecified atom stereocenters. The third-order valence-electron chi connectivity index (χ3n) is 4.12. The molecule has 0 spiro atoms. The standard InChI is InChI=1S/C13H12N2O8S2.C6H14N4O2/c1-24(18,19)15(25(20,21)22)12-8-7-10(14(16)17)9-13(12)23-11-5-3-2-4-6-11;7-4(5(11)12)2-1-3-10-6(8)9/h2-9H,1H3,(H,20,21,22);4H,1-3,7H2,(H,11,12)(H4,8,9,10). The van der Waals surface area contributed by atoms with Crippen LogP contribution in [0.25, 0.3) is 0 Å². The first-order chi connectivity index (χ1) is 17.0. The summed E-state index contributed by atoms with van der Waals surface area (Å²) >= 11 is 0. The number of benzene rings is 2. The molecule has 2 aromatic rings. The van der Waals surface area contributed by atoms with Crippen LogP contribution in [-0.4, -0.2) is 62.2 Å². The van der Waals surface area contributed by atoms with Crippen molar-refractivity contribution in [1.82, 2.24) is 0 Å². The van der Waals surface area contributed by atoms with Crippen molar-refractivity contribution in [1.29, 1.82) is 0 Å². The quantitative estimate of drug-likeness (QED) is 0.0620. The van der Waals surface area contributed by atoms with Crippen LogP contribution in [0.1, 0.15) is 12.8 Å². The number of anilines is 1. The molecule has 18 heteroatoms. The van der Waals surface area contributed by atoms with Gasteiger partial charge in [0.1, 0.15) is 17.5 Å². The fourth-order valence-corrected chi connectivity index (χ4v) is 4.86. The molecule has 0 radical (unpaired) electrons. The van der Waals surface area contributed by atoms with E-state index in [2.05, 4.69) is 4.99 Å². The molecule has 204 valence electrons. The lowest BCUT2D eigenvalue weighted by Gasteiger charge is -2.20. The number of hydrogen-bond acceptors (Lipinski definition) is 10.